The predicted octanol–water partition coefficient (Wildman–Crippen LogP) is 4.13. The molecule has 6 nitrogen and oxygen atoms in total. The van der Waals surface area contributed by atoms with E-state index < -0.39 is 16.8 Å². The number of allylic oxidation sites excluding steroid dienone is 3. The maximum atomic E-state index is 15.2. The fourth-order valence-corrected chi connectivity index (χ4v) is 5.93. The summed E-state index contributed by atoms with van der Waals surface area (Å²) in [6, 6.07) is -0.534. The molecular formula is C27H48FN4O2S+. The van der Waals surface area contributed by atoms with Crippen LogP contribution in [-0.2, 0) is 15.5 Å². The lowest BCUT2D eigenvalue weighted by Gasteiger charge is -2.31. The third-order valence-corrected chi connectivity index (χ3v) is 9.28. The maximum absolute atomic E-state index is 15.2. The first-order chi connectivity index (χ1) is 16.6. The van der Waals surface area contributed by atoms with Gasteiger partial charge < -0.3 is 9.64 Å². The molecule has 0 spiro atoms. The van der Waals surface area contributed by atoms with Crippen LogP contribution in [-0.4, -0.2) is 77.0 Å². The molecule has 2 N–H and O–H groups in total. The van der Waals surface area contributed by atoms with Gasteiger partial charge in [0.1, 0.15) is 12.0 Å². The number of nitrogens with one attached hydrogen (secondary N) is 2. The van der Waals surface area contributed by atoms with E-state index in [9.17, 15) is 4.21 Å². The molecule has 0 radical (unpaired) electrons. The van der Waals surface area contributed by atoms with E-state index in [1.54, 1.807) is 19.1 Å². The van der Waals surface area contributed by atoms with E-state index in [2.05, 4.69) is 61.4 Å². The number of hydrogen-bond acceptors (Lipinski definition) is 5. The highest BCUT2D eigenvalue weighted by Gasteiger charge is 2.38. The van der Waals surface area contributed by atoms with Crippen molar-refractivity contribution in [2.24, 2.45) is 11.8 Å². The van der Waals surface area contributed by atoms with E-state index in [1.165, 1.54) is 6.08 Å². The molecule has 1 saturated carbocycles. The Morgan fingerprint density at radius 1 is 1.37 bits per heavy atom. The van der Waals surface area contributed by atoms with E-state index in [0.29, 0.717) is 4.91 Å². The molecule has 0 saturated heterocycles. The van der Waals surface area contributed by atoms with E-state index in [-0.39, 0.29) is 41.4 Å². The number of nitrogens with zero attached hydrogens (tertiary/aromatic N) is 2. The Kier molecular flexibility index (Phi) is 12.3. The molecule has 7 atom stereocenters. The second-order valence-electron chi connectivity index (χ2n) is 10.3. The summed E-state index contributed by atoms with van der Waals surface area (Å²) in [7, 11) is 2.94. The minimum absolute atomic E-state index is 0.0750. The fourth-order valence-electron chi connectivity index (χ4n) is 4.32. The first-order valence-corrected chi connectivity index (χ1v) is 14.3. The molecule has 35 heavy (non-hydrogen) atoms. The van der Waals surface area contributed by atoms with Crippen molar-refractivity contribution in [3.8, 4) is 0 Å². The van der Waals surface area contributed by atoms with Gasteiger partial charge in [0.05, 0.1) is 30.0 Å². The normalized spacial score (nSPS) is 29.0. The molecule has 8 heteroatoms. The minimum atomic E-state index is -1.20. The van der Waals surface area contributed by atoms with Gasteiger partial charge in [0.2, 0.25) is 6.34 Å². The first-order valence-electron chi connectivity index (χ1n) is 13.1. The van der Waals surface area contributed by atoms with Crippen molar-refractivity contribution in [2.45, 2.75) is 90.1 Å². The Bertz CT molecular complexity index is 811. The average Bonchev–Trinajstić information content (AvgIpc) is 2.88. The molecule has 200 valence electrons. The molecule has 0 amide bonds. The van der Waals surface area contributed by atoms with Gasteiger partial charge in [-0.05, 0) is 58.9 Å². The van der Waals surface area contributed by atoms with Gasteiger partial charge in [-0.15, -0.1) is 0 Å². The van der Waals surface area contributed by atoms with Gasteiger partial charge in [-0.3, -0.25) is 14.8 Å². The molecule has 0 bridgehead atoms. The highest BCUT2D eigenvalue weighted by atomic mass is 32.2. The monoisotopic (exact) mass is 511 g/mol. The zero-order valence-electron chi connectivity index (χ0n) is 22.8. The third-order valence-electron chi connectivity index (χ3n) is 7.49. The Morgan fingerprint density at radius 3 is 2.63 bits per heavy atom. The van der Waals surface area contributed by atoms with Crippen molar-refractivity contribution >= 4 is 17.1 Å². The molecule has 0 aromatic carbocycles. The van der Waals surface area contributed by atoms with Crippen LogP contribution in [0.25, 0.3) is 0 Å². The lowest BCUT2D eigenvalue weighted by atomic mass is 9.91. The number of halogens is 1. The predicted molar refractivity (Wildman–Crippen MR) is 145 cm³/mol. The van der Waals surface area contributed by atoms with Crippen molar-refractivity contribution in [1.82, 2.24) is 15.5 Å². The van der Waals surface area contributed by atoms with Gasteiger partial charge in [-0.2, -0.15) is 0 Å². The molecule has 2 rings (SSSR count). The molecule has 1 heterocycles. The molecule has 0 aromatic heterocycles. The Balaban J connectivity index is 2.04. The van der Waals surface area contributed by atoms with E-state index in [0.717, 1.165) is 38.8 Å². The van der Waals surface area contributed by atoms with Gasteiger partial charge >= 0.3 is 0 Å². The summed E-state index contributed by atoms with van der Waals surface area (Å²) < 4.78 is 36.5. The number of hydrogen-bond donors (Lipinski definition) is 2. The molecule has 1 fully saturated rings. The minimum Gasteiger partial charge on any atom is -0.336 e. The molecule has 1 aliphatic carbocycles. The smallest absolute Gasteiger partial charge is 0.235 e. The average molecular weight is 512 g/mol. The molecule has 7 unspecified atom stereocenters. The molecular weight excluding hydrogens is 463 g/mol. The van der Waals surface area contributed by atoms with Crippen LogP contribution in [0.3, 0.4) is 0 Å². The maximum Gasteiger partial charge on any atom is 0.235 e. The van der Waals surface area contributed by atoms with Crippen molar-refractivity contribution < 1.29 is 17.9 Å². The Morgan fingerprint density at radius 2 is 2.06 bits per heavy atom. The summed E-state index contributed by atoms with van der Waals surface area (Å²) in [5.74, 6) is 0.0532. The van der Waals surface area contributed by atoms with E-state index in [1.807, 2.05) is 13.4 Å². The van der Waals surface area contributed by atoms with Crippen LogP contribution in [0.5, 0.6) is 0 Å². The standard InChI is InChI=1S/C27H47FN4O2S/c1-9-12-24(35(33)23-13-11-14-23)17-25(28)22(6)30-26-20(4)21(5)27(32(8)18-29-26)34-19(3)15-16-31(7)10-2/h9,12,17-23,26-27,30H,1,10-11,13-16H2,2-8H3/p+1. The Hall–Kier alpha value is -1.35. The van der Waals surface area contributed by atoms with Crippen molar-refractivity contribution in [3.05, 3.63) is 35.5 Å². The van der Waals surface area contributed by atoms with Crippen LogP contribution < -0.4 is 10.6 Å². The third kappa shape index (κ3) is 8.62. The largest absolute Gasteiger partial charge is 0.336 e. The molecule has 0 aromatic rings. The highest BCUT2D eigenvalue weighted by Crippen LogP contribution is 2.29. The van der Waals surface area contributed by atoms with Gasteiger partial charge in [0, 0.05) is 28.5 Å². The lowest BCUT2D eigenvalue weighted by Crippen LogP contribution is -2.51. The van der Waals surface area contributed by atoms with Crippen LogP contribution in [0, 0.1) is 11.8 Å². The molecule has 1 aliphatic heterocycles. The number of rotatable bonds is 13. The summed E-state index contributed by atoms with van der Waals surface area (Å²) in [6.07, 6.45) is 10.5. The van der Waals surface area contributed by atoms with Crippen LogP contribution >= 0.6 is 0 Å². The summed E-state index contributed by atoms with van der Waals surface area (Å²) in [4.78, 5) is 2.80. The van der Waals surface area contributed by atoms with Crippen LogP contribution in [0.4, 0.5) is 4.39 Å². The SMILES string of the molecule is C=CC=C(C=C(F)C(C)NC1NC=[N+](C)C(OC(C)CCN(C)CC)C(C)C1C)S(=O)C1CCC1. The molecule has 2 aliphatic rings. The van der Waals surface area contributed by atoms with Crippen molar-refractivity contribution in [3.63, 3.8) is 0 Å². The second kappa shape index (κ2) is 14.4. The first kappa shape index (κ1) is 29.9. The quantitative estimate of drug-likeness (QED) is 0.288. The lowest BCUT2D eigenvalue weighted by molar-refractivity contribution is -0.600. The highest BCUT2D eigenvalue weighted by molar-refractivity contribution is 7.89. The van der Waals surface area contributed by atoms with E-state index >= 15 is 4.39 Å². The summed E-state index contributed by atoms with van der Waals surface area (Å²) in [6.45, 7) is 16.2. The van der Waals surface area contributed by atoms with E-state index in [4.69, 9.17) is 4.74 Å². The van der Waals surface area contributed by atoms with Gasteiger partial charge in [0.15, 0.2) is 6.23 Å². The Labute approximate surface area is 215 Å². The summed E-state index contributed by atoms with van der Waals surface area (Å²) in [5.41, 5.74) is 0. The van der Waals surface area contributed by atoms with Crippen LogP contribution in [0.1, 0.15) is 60.3 Å². The summed E-state index contributed by atoms with van der Waals surface area (Å²) >= 11 is 0. The number of ether oxygens (including phenoxy) is 1. The fraction of sp³-hybridized carbons (Fsp3) is 0.741. The van der Waals surface area contributed by atoms with Crippen LogP contribution in [0.2, 0.25) is 0 Å². The topological polar surface area (TPSA) is 56.6 Å². The van der Waals surface area contributed by atoms with Gasteiger partial charge in [-0.25, -0.2) is 8.97 Å². The zero-order valence-corrected chi connectivity index (χ0v) is 23.6. The van der Waals surface area contributed by atoms with Gasteiger partial charge in [0.25, 0.3) is 0 Å². The van der Waals surface area contributed by atoms with Crippen LogP contribution in [0.15, 0.2) is 35.5 Å². The zero-order chi connectivity index (χ0) is 26.1. The van der Waals surface area contributed by atoms with Crippen molar-refractivity contribution in [2.75, 3.05) is 27.2 Å². The summed E-state index contributed by atoms with van der Waals surface area (Å²) in [5, 5.41) is 6.94. The van der Waals surface area contributed by atoms with Gasteiger partial charge in [-0.1, -0.05) is 39.8 Å². The van der Waals surface area contributed by atoms with Crippen molar-refractivity contribution in [1.29, 1.82) is 0 Å². The second-order valence-corrected chi connectivity index (χ2v) is 12.0.